The molecule has 1 aliphatic heterocycles. The first-order chi connectivity index (χ1) is 15.0. The van der Waals surface area contributed by atoms with Gasteiger partial charge in [0.2, 0.25) is 0 Å². The highest BCUT2D eigenvalue weighted by molar-refractivity contribution is 6.39. The maximum atomic E-state index is 13.3. The first-order valence-corrected chi connectivity index (χ1v) is 9.60. The number of halogens is 1. The average Bonchev–Trinajstić information content (AvgIpc) is 2.77. The number of rotatable bonds is 2. The number of urea groups is 1. The highest BCUT2D eigenvalue weighted by Gasteiger charge is 2.37. The van der Waals surface area contributed by atoms with E-state index >= 15 is 0 Å². The van der Waals surface area contributed by atoms with Crippen molar-refractivity contribution in [3.8, 4) is 0 Å². The highest BCUT2D eigenvalue weighted by Crippen LogP contribution is 2.31. The van der Waals surface area contributed by atoms with Gasteiger partial charge in [0, 0.05) is 0 Å². The second-order valence-electron chi connectivity index (χ2n) is 7.17. The maximum Gasteiger partial charge on any atom is 0.335 e. The second-order valence-corrected chi connectivity index (χ2v) is 7.17. The molecule has 1 N–H and O–H groups in total. The van der Waals surface area contributed by atoms with E-state index < -0.39 is 23.7 Å². The summed E-state index contributed by atoms with van der Waals surface area (Å²) < 4.78 is 13.3. The zero-order valence-corrected chi connectivity index (χ0v) is 16.1. The Labute approximate surface area is 176 Å². The molecule has 0 radical (unpaired) electrons. The number of carbonyl (C=O) groups is 3. The lowest BCUT2D eigenvalue weighted by molar-refractivity contribution is -0.122. The quantitative estimate of drug-likeness (QED) is 0.293. The molecule has 5 nitrogen and oxygen atoms in total. The van der Waals surface area contributed by atoms with Crippen LogP contribution in [0.15, 0.2) is 84.4 Å². The number of carbonyl (C=O) groups excluding carboxylic acids is 3. The number of hydrogen-bond acceptors (Lipinski definition) is 3. The third-order valence-electron chi connectivity index (χ3n) is 5.29. The first-order valence-electron chi connectivity index (χ1n) is 9.60. The van der Waals surface area contributed by atoms with Crippen molar-refractivity contribution < 1.29 is 18.8 Å². The van der Waals surface area contributed by atoms with Crippen molar-refractivity contribution in [1.29, 1.82) is 0 Å². The Balaban J connectivity index is 1.71. The molecule has 1 heterocycles. The minimum Gasteiger partial charge on any atom is -0.273 e. The lowest BCUT2D eigenvalue weighted by atomic mass is 9.94. The zero-order chi connectivity index (χ0) is 21.5. The Hall–Kier alpha value is -4.32. The van der Waals surface area contributed by atoms with Crippen molar-refractivity contribution in [3.05, 3.63) is 95.8 Å². The standard InChI is InChI=1S/C25H15FN2O3/c26-17-9-11-18(12-10-17)28-24(30)22(23(29)27-25(28)31)14-21-19-7-3-1-5-15(19)13-16-6-2-4-8-20(16)21/h1-14H,(H,27,29,31)/b22-14+. The Morgan fingerprint density at radius 2 is 1.35 bits per heavy atom. The van der Waals surface area contributed by atoms with Crippen molar-refractivity contribution in [1.82, 2.24) is 5.32 Å². The van der Waals surface area contributed by atoms with Gasteiger partial charge in [0.15, 0.2) is 0 Å². The normalized spacial score (nSPS) is 15.7. The molecule has 0 bridgehead atoms. The van der Waals surface area contributed by atoms with Crippen LogP contribution in [0.3, 0.4) is 0 Å². The average molecular weight is 410 g/mol. The smallest absolute Gasteiger partial charge is 0.273 e. The van der Waals surface area contributed by atoms with Crippen molar-refractivity contribution in [2.75, 3.05) is 4.90 Å². The van der Waals surface area contributed by atoms with Gasteiger partial charge in [0.25, 0.3) is 11.8 Å². The number of barbiturate groups is 1. The molecule has 4 amide bonds. The van der Waals surface area contributed by atoms with Crippen LogP contribution in [0.2, 0.25) is 0 Å². The summed E-state index contributed by atoms with van der Waals surface area (Å²) in [5.74, 6) is -2.04. The van der Waals surface area contributed by atoms with E-state index in [2.05, 4.69) is 5.32 Å². The van der Waals surface area contributed by atoms with E-state index in [-0.39, 0.29) is 11.3 Å². The van der Waals surface area contributed by atoms with Crippen LogP contribution in [0.5, 0.6) is 0 Å². The van der Waals surface area contributed by atoms with E-state index in [1.165, 1.54) is 18.2 Å². The molecule has 150 valence electrons. The molecule has 5 rings (SSSR count). The highest BCUT2D eigenvalue weighted by atomic mass is 19.1. The van der Waals surface area contributed by atoms with E-state index in [0.29, 0.717) is 5.56 Å². The Kier molecular flexibility index (Phi) is 4.33. The predicted octanol–water partition coefficient (Wildman–Crippen LogP) is 4.80. The molecule has 1 aliphatic rings. The third kappa shape index (κ3) is 3.14. The lowest BCUT2D eigenvalue weighted by Crippen LogP contribution is -2.54. The molecule has 0 aliphatic carbocycles. The summed E-state index contributed by atoms with van der Waals surface area (Å²) in [6.07, 6.45) is 1.52. The van der Waals surface area contributed by atoms with Crippen LogP contribution in [0.25, 0.3) is 27.6 Å². The number of anilines is 1. The van der Waals surface area contributed by atoms with Crippen LogP contribution >= 0.6 is 0 Å². The summed E-state index contributed by atoms with van der Waals surface area (Å²) in [5.41, 5.74) is 0.705. The van der Waals surface area contributed by atoms with Gasteiger partial charge in [0.05, 0.1) is 5.69 Å². The van der Waals surface area contributed by atoms with Gasteiger partial charge in [-0.25, -0.2) is 14.1 Å². The van der Waals surface area contributed by atoms with Crippen molar-refractivity contribution in [2.45, 2.75) is 0 Å². The topological polar surface area (TPSA) is 66.5 Å². The van der Waals surface area contributed by atoms with Gasteiger partial charge >= 0.3 is 6.03 Å². The number of nitrogens with zero attached hydrogens (tertiary/aromatic N) is 1. The molecule has 31 heavy (non-hydrogen) atoms. The molecular weight excluding hydrogens is 395 g/mol. The first kappa shape index (κ1) is 18.7. The zero-order valence-electron chi connectivity index (χ0n) is 16.1. The molecule has 0 saturated carbocycles. The minimum atomic E-state index is -0.874. The molecule has 1 saturated heterocycles. The number of nitrogens with one attached hydrogen (secondary N) is 1. The van der Waals surface area contributed by atoms with Gasteiger partial charge in [-0.1, -0.05) is 48.5 Å². The monoisotopic (exact) mass is 410 g/mol. The van der Waals surface area contributed by atoms with E-state index in [9.17, 15) is 18.8 Å². The minimum absolute atomic E-state index is 0.171. The number of benzene rings is 4. The van der Waals surface area contributed by atoms with Crippen LogP contribution in [0, 0.1) is 5.82 Å². The maximum absolute atomic E-state index is 13.3. The van der Waals surface area contributed by atoms with E-state index in [0.717, 1.165) is 38.6 Å². The molecule has 4 aromatic rings. The van der Waals surface area contributed by atoms with Crippen LogP contribution in [-0.2, 0) is 9.59 Å². The van der Waals surface area contributed by atoms with Crippen LogP contribution in [0.4, 0.5) is 14.9 Å². The summed E-state index contributed by atoms with van der Waals surface area (Å²) in [4.78, 5) is 39.0. The summed E-state index contributed by atoms with van der Waals surface area (Å²) >= 11 is 0. The fourth-order valence-electron chi connectivity index (χ4n) is 3.83. The summed E-state index contributed by atoms with van der Waals surface area (Å²) in [7, 11) is 0. The summed E-state index contributed by atoms with van der Waals surface area (Å²) in [6.45, 7) is 0. The summed E-state index contributed by atoms with van der Waals surface area (Å²) in [6, 6.07) is 21.5. The molecule has 1 fully saturated rings. The fraction of sp³-hybridized carbons (Fsp3) is 0. The molecule has 0 atom stereocenters. The van der Waals surface area contributed by atoms with Crippen LogP contribution in [0.1, 0.15) is 5.56 Å². The summed E-state index contributed by atoms with van der Waals surface area (Å²) in [5, 5.41) is 5.88. The Morgan fingerprint density at radius 3 is 1.97 bits per heavy atom. The Morgan fingerprint density at radius 1 is 0.774 bits per heavy atom. The SMILES string of the molecule is O=C1NC(=O)N(c2ccc(F)cc2)C(=O)/C1=C/c1c2ccccc2cc2ccccc12. The molecular formula is C25H15FN2O3. The number of hydrogen-bond donors (Lipinski definition) is 1. The van der Waals surface area contributed by atoms with Gasteiger partial charge in [-0.15, -0.1) is 0 Å². The van der Waals surface area contributed by atoms with Crippen LogP contribution < -0.4 is 10.2 Å². The van der Waals surface area contributed by atoms with Crippen molar-refractivity contribution in [3.63, 3.8) is 0 Å². The van der Waals surface area contributed by atoms with E-state index in [1.807, 2.05) is 54.6 Å². The lowest BCUT2D eigenvalue weighted by Gasteiger charge is -2.26. The van der Waals surface area contributed by atoms with Crippen LogP contribution in [-0.4, -0.2) is 17.8 Å². The van der Waals surface area contributed by atoms with Gasteiger partial charge in [-0.2, -0.15) is 0 Å². The molecule has 6 heteroatoms. The number of fused-ring (bicyclic) bond motifs is 2. The third-order valence-corrected chi connectivity index (χ3v) is 5.29. The molecule has 4 aromatic carbocycles. The number of amides is 4. The van der Waals surface area contributed by atoms with Gasteiger partial charge in [-0.05, 0) is 63.5 Å². The van der Waals surface area contributed by atoms with Gasteiger partial charge < -0.3 is 0 Å². The van der Waals surface area contributed by atoms with Gasteiger partial charge in [0.1, 0.15) is 11.4 Å². The molecule has 0 unspecified atom stereocenters. The van der Waals surface area contributed by atoms with E-state index in [4.69, 9.17) is 0 Å². The van der Waals surface area contributed by atoms with Crippen molar-refractivity contribution in [2.24, 2.45) is 0 Å². The largest absolute Gasteiger partial charge is 0.335 e. The van der Waals surface area contributed by atoms with E-state index in [1.54, 1.807) is 0 Å². The second kappa shape index (κ2) is 7.18. The molecule has 0 spiro atoms. The van der Waals surface area contributed by atoms with Crippen molar-refractivity contribution >= 4 is 51.2 Å². The fourth-order valence-corrected chi connectivity index (χ4v) is 3.83. The van der Waals surface area contributed by atoms with Gasteiger partial charge in [-0.3, -0.25) is 14.9 Å². The Bertz CT molecular complexity index is 1370. The predicted molar refractivity (Wildman–Crippen MR) is 117 cm³/mol. The molecule has 0 aromatic heterocycles. The number of imide groups is 2.